The van der Waals surface area contributed by atoms with Crippen LogP contribution in [0.3, 0.4) is 0 Å². The van der Waals surface area contributed by atoms with Gasteiger partial charge in [0.1, 0.15) is 5.75 Å². The average molecular weight is 240 g/mol. The molecule has 1 heterocycles. The minimum absolute atomic E-state index is 0.350. The van der Waals surface area contributed by atoms with Crippen molar-refractivity contribution >= 4 is 21.8 Å². The van der Waals surface area contributed by atoms with Crippen molar-refractivity contribution in [1.82, 2.24) is 9.88 Å². The first-order chi connectivity index (χ1) is 8.66. The van der Waals surface area contributed by atoms with Crippen LogP contribution in [0.4, 0.5) is 0 Å². The lowest BCUT2D eigenvalue weighted by atomic mass is 10.1. The second-order valence-corrected chi connectivity index (χ2v) is 4.89. The van der Waals surface area contributed by atoms with Crippen molar-refractivity contribution in [3.05, 3.63) is 42.0 Å². The number of para-hydroxylation sites is 1. The lowest BCUT2D eigenvalue weighted by Crippen LogP contribution is -2.11. The van der Waals surface area contributed by atoms with Gasteiger partial charge in [-0.15, -0.1) is 0 Å². The molecule has 0 aliphatic carbocycles. The lowest BCUT2D eigenvalue weighted by Gasteiger charge is -2.12. The highest BCUT2D eigenvalue weighted by atomic mass is 16.3. The van der Waals surface area contributed by atoms with Crippen molar-refractivity contribution in [2.75, 3.05) is 14.1 Å². The van der Waals surface area contributed by atoms with Crippen molar-refractivity contribution < 1.29 is 5.11 Å². The summed E-state index contributed by atoms with van der Waals surface area (Å²) < 4.78 is 0. The summed E-state index contributed by atoms with van der Waals surface area (Å²) in [6.45, 7) is 0.718. The molecule has 0 saturated carbocycles. The maximum absolute atomic E-state index is 10.0. The van der Waals surface area contributed by atoms with Gasteiger partial charge in [-0.25, -0.2) is 0 Å². The lowest BCUT2D eigenvalue weighted by molar-refractivity contribution is 0.387. The fraction of sp³-hybridized carbons (Fsp3) is 0.200. The summed E-state index contributed by atoms with van der Waals surface area (Å²) >= 11 is 0. The Morgan fingerprint density at radius 3 is 2.61 bits per heavy atom. The predicted molar refractivity (Wildman–Crippen MR) is 74.9 cm³/mol. The van der Waals surface area contributed by atoms with Crippen molar-refractivity contribution in [3.8, 4) is 5.75 Å². The standard InChI is InChI=1S/C15H16N2O/c1-17(2)9-12-14(18)8-7-11-10-5-3-4-6-13(10)16-15(11)12/h3-8,16,18H,9H2,1-2H3. The van der Waals surface area contributed by atoms with Gasteiger partial charge in [0.15, 0.2) is 0 Å². The Kier molecular flexibility index (Phi) is 2.49. The molecule has 0 unspecified atom stereocenters. The average Bonchev–Trinajstić information content (AvgIpc) is 2.71. The van der Waals surface area contributed by atoms with E-state index in [4.69, 9.17) is 0 Å². The third-order valence-corrected chi connectivity index (χ3v) is 3.24. The van der Waals surface area contributed by atoms with Gasteiger partial charge >= 0.3 is 0 Å². The number of rotatable bonds is 2. The number of H-pyrrole nitrogens is 1. The maximum Gasteiger partial charge on any atom is 0.122 e. The Labute approximate surface area is 106 Å². The Balaban J connectivity index is 2.36. The zero-order valence-electron chi connectivity index (χ0n) is 10.6. The number of fused-ring (bicyclic) bond motifs is 3. The van der Waals surface area contributed by atoms with Gasteiger partial charge in [-0.1, -0.05) is 18.2 Å². The molecule has 3 nitrogen and oxygen atoms in total. The van der Waals surface area contributed by atoms with Crippen LogP contribution in [0, 0.1) is 0 Å². The van der Waals surface area contributed by atoms with Crippen LogP contribution in [0.1, 0.15) is 5.56 Å². The minimum Gasteiger partial charge on any atom is -0.508 e. The summed E-state index contributed by atoms with van der Waals surface area (Å²) in [6, 6.07) is 12.0. The first kappa shape index (κ1) is 11.1. The Hall–Kier alpha value is -2.00. The van der Waals surface area contributed by atoms with Crippen molar-refractivity contribution in [2.24, 2.45) is 0 Å². The number of phenolic OH excluding ortho intramolecular Hbond substituents is 1. The predicted octanol–water partition coefficient (Wildman–Crippen LogP) is 3.09. The van der Waals surface area contributed by atoms with E-state index in [1.807, 2.05) is 32.3 Å². The molecule has 0 radical (unpaired) electrons. The number of nitrogens with zero attached hydrogens (tertiary/aromatic N) is 1. The number of aromatic amines is 1. The fourth-order valence-corrected chi connectivity index (χ4v) is 2.44. The van der Waals surface area contributed by atoms with Gasteiger partial charge in [0.25, 0.3) is 0 Å². The van der Waals surface area contributed by atoms with Crippen molar-refractivity contribution in [3.63, 3.8) is 0 Å². The number of hydrogen-bond donors (Lipinski definition) is 2. The summed E-state index contributed by atoms with van der Waals surface area (Å²) in [5, 5.41) is 12.4. The van der Waals surface area contributed by atoms with Gasteiger partial charge in [0.2, 0.25) is 0 Å². The summed E-state index contributed by atoms with van der Waals surface area (Å²) in [4.78, 5) is 5.46. The third kappa shape index (κ3) is 1.64. The van der Waals surface area contributed by atoms with Crippen molar-refractivity contribution in [2.45, 2.75) is 6.54 Å². The van der Waals surface area contributed by atoms with Crippen LogP contribution < -0.4 is 0 Å². The van der Waals surface area contributed by atoms with E-state index in [0.717, 1.165) is 23.1 Å². The molecule has 3 rings (SSSR count). The quantitative estimate of drug-likeness (QED) is 0.722. The number of nitrogens with one attached hydrogen (secondary N) is 1. The summed E-state index contributed by atoms with van der Waals surface area (Å²) in [7, 11) is 4.00. The number of aromatic hydroxyl groups is 1. The smallest absolute Gasteiger partial charge is 0.122 e. The molecule has 0 bridgehead atoms. The largest absolute Gasteiger partial charge is 0.508 e. The zero-order valence-corrected chi connectivity index (χ0v) is 10.6. The highest BCUT2D eigenvalue weighted by Gasteiger charge is 2.12. The first-order valence-corrected chi connectivity index (χ1v) is 6.03. The monoisotopic (exact) mass is 240 g/mol. The minimum atomic E-state index is 0.350. The van der Waals surface area contributed by atoms with Gasteiger partial charge < -0.3 is 15.0 Å². The summed E-state index contributed by atoms with van der Waals surface area (Å²) in [6.07, 6.45) is 0. The zero-order chi connectivity index (χ0) is 12.7. The molecule has 18 heavy (non-hydrogen) atoms. The van der Waals surface area contributed by atoms with E-state index in [2.05, 4.69) is 22.0 Å². The summed E-state index contributed by atoms with van der Waals surface area (Å²) in [5.74, 6) is 0.350. The molecule has 0 aliphatic heterocycles. The Morgan fingerprint density at radius 2 is 1.83 bits per heavy atom. The molecular formula is C15H16N2O. The topological polar surface area (TPSA) is 39.3 Å². The number of phenols is 1. The first-order valence-electron chi connectivity index (χ1n) is 6.03. The van der Waals surface area contributed by atoms with E-state index in [1.54, 1.807) is 6.07 Å². The van der Waals surface area contributed by atoms with Crippen LogP contribution in [0.5, 0.6) is 5.75 Å². The van der Waals surface area contributed by atoms with E-state index >= 15 is 0 Å². The third-order valence-electron chi connectivity index (χ3n) is 3.24. The SMILES string of the molecule is CN(C)Cc1c(O)ccc2c1[nH]c1ccccc12. The highest BCUT2D eigenvalue weighted by molar-refractivity contribution is 6.08. The molecule has 3 heteroatoms. The molecular weight excluding hydrogens is 224 g/mol. The molecule has 92 valence electrons. The number of benzene rings is 2. The molecule has 0 atom stereocenters. The van der Waals surface area contributed by atoms with E-state index in [1.165, 1.54) is 10.8 Å². The van der Waals surface area contributed by atoms with Crippen LogP contribution >= 0.6 is 0 Å². The molecule has 2 aromatic carbocycles. The van der Waals surface area contributed by atoms with Crippen LogP contribution in [-0.2, 0) is 6.54 Å². The van der Waals surface area contributed by atoms with E-state index < -0.39 is 0 Å². The van der Waals surface area contributed by atoms with Crippen LogP contribution in [0.25, 0.3) is 21.8 Å². The number of aromatic nitrogens is 1. The molecule has 0 fully saturated rings. The van der Waals surface area contributed by atoms with Gasteiger partial charge in [-0.2, -0.15) is 0 Å². The molecule has 1 aromatic heterocycles. The van der Waals surface area contributed by atoms with Crippen molar-refractivity contribution in [1.29, 1.82) is 0 Å². The van der Waals surface area contributed by atoms with E-state index in [-0.39, 0.29) is 0 Å². The molecule has 0 amide bonds. The van der Waals surface area contributed by atoms with Crippen LogP contribution in [0.2, 0.25) is 0 Å². The molecule has 2 N–H and O–H groups in total. The van der Waals surface area contributed by atoms with Gasteiger partial charge in [-0.05, 0) is 32.3 Å². The number of hydrogen-bond acceptors (Lipinski definition) is 2. The summed E-state index contributed by atoms with van der Waals surface area (Å²) in [5.41, 5.74) is 3.09. The second kappa shape index (κ2) is 4.03. The Bertz CT molecular complexity index is 713. The van der Waals surface area contributed by atoms with E-state index in [9.17, 15) is 5.11 Å². The molecule has 3 aromatic rings. The maximum atomic E-state index is 10.0. The van der Waals surface area contributed by atoms with Crippen LogP contribution in [-0.4, -0.2) is 29.1 Å². The molecule has 0 spiro atoms. The van der Waals surface area contributed by atoms with Gasteiger partial charge in [0.05, 0.1) is 5.52 Å². The van der Waals surface area contributed by atoms with E-state index in [0.29, 0.717) is 5.75 Å². The fourth-order valence-electron chi connectivity index (χ4n) is 2.44. The Morgan fingerprint density at radius 1 is 1.06 bits per heavy atom. The van der Waals surface area contributed by atoms with Gasteiger partial charge in [-0.3, -0.25) is 0 Å². The molecule has 0 aliphatic rings. The van der Waals surface area contributed by atoms with Crippen LogP contribution in [0.15, 0.2) is 36.4 Å². The second-order valence-electron chi connectivity index (χ2n) is 4.89. The highest BCUT2D eigenvalue weighted by Crippen LogP contribution is 2.32. The van der Waals surface area contributed by atoms with Gasteiger partial charge in [0, 0.05) is 28.4 Å². The normalized spacial score (nSPS) is 11.7. The molecule has 0 saturated heterocycles.